The zero-order valence-corrected chi connectivity index (χ0v) is 26.0. The fraction of sp³-hybridized carbons (Fsp3) is 0.444. The molecule has 9 nitrogen and oxygen atoms in total. The maximum atomic E-state index is 12.8. The Labute approximate surface area is 266 Å². The first-order valence-corrected chi connectivity index (χ1v) is 16.2. The molecule has 2 aliphatic rings. The summed E-state index contributed by atoms with van der Waals surface area (Å²) in [5.74, 6) is -0.346. The van der Waals surface area contributed by atoms with Gasteiger partial charge >= 0.3 is 0 Å². The quantitative estimate of drug-likeness (QED) is 0.186. The Morgan fingerprint density at radius 1 is 0.822 bits per heavy atom. The molecule has 5 rings (SSSR count). The summed E-state index contributed by atoms with van der Waals surface area (Å²) in [4.78, 5) is 27.6. The third kappa shape index (κ3) is 9.86. The highest BCUT2D eigenvalue weighted by Crippen LogP contribution is 2.39. The second-order valence-electron chi connectivity index (χ2n) is 12.1. The van der Waals surface area contributed by atoms with Crippen LogP contribution in [0.4, 0.5) is 17.1 Å². The molecule has 2 saturated heterocycles. The lowest BCUT2D eigenvalue weighted by Gasteiger charge is -2.39. The van der Waals surface area contributed by atoms with E-state index in [0.29, 0.717) is 23.5 Å². The molecule has 0 spiro atoms. The third-order valence-corrected chi connectivity index (χ3v) is 8.51. The smallest absolute Gasteiger partial charge is 0.224 e. The van der Waals surface area contributed by atoms with Crippen molar-refractivity contribution in [2.45, 2.75) is 82.9 Å². The fourth-order valence-electron chi connectivity index (χ4n) is 6.04. The van der Waals surface area contributed by atoms with E-state index in [1.807, 2.05) is 60.7 Å². The van der Waals surface area contributed by atoms with Gasteiger partial charge < -0.3 is 35.8 Å². The highest BCUT2D eigenvalue weighted by molar-refractivity contribution is 5.94. The summed E-state index contributed by atoms with van der Waals surface area (Å²) in [6.45, 7) is 3.03. The lowest BCUT2D eigenvalue weighted by Crippen LogP contribution is -2.40. The second-order valence-corrected chi connectivity index (χ2v) is 12.1. The van der Waals surface area contributed by atoms with Crippen LogP contribution in [-0.4, -0.2) is 47.6 Å². The van der Waals surface area contributed by atoms with E-state index in [1.165, 1.54) is 32.1 Å². The predicted octanol–water partition coefficient (Wildman–Crippen LogP) is 6.32. The standard InChI is InChI=1S/C36H46N4O5/c37-31-12-4-5-13-32(31)39-35(43)15-9-14-34(42)38-29-11-8-10-28(22-29)36-44-30(24-40-20-6-2-1-3-7-21-40)23-33(45-36)27-18-16-26(25-41)17-19-27/h4-5,8,10-13,16-19,22,30,33,36,41H,1-3,6-7,9,14-15,20-21,23-25,37H2,(H,38,42)(H,39,43). The van der Waals surface area contributed by atoms with E-state index >= 15 is 0 Å². The van der Waals surface area contributed by atoms with E-state index in [-0.39, 0.29) is 43.5 Å². The van der Waals surface area contributed by atoms with E-state index in [1.54, 1.807) is 12.1 Å². The first kappa shape index (κ1) is 32.6. The molecule has 45 heavy (non-hydrogen) atoms. The Morgan fingerprint density at radius 3 is 2.27 bits per heavy atom. The number of amides is 2. The van der Waals surface area contributed by atoms with Gasteiger partial charge in [-0.3, -0.25) is 9.59 Å². The Kier molecular flexibility index (Phi) is 12.0. The van der Waals surface area contributed by atoms with Crippen LogP contribution in [0.2, 0.25) is 0 Å². The van der Waals surface area contributed by atoms with Gasteiger partial charge in [0.25, 0.3) is 0 Å². The maximum absolute atomic E-state index is 12.8. The van der Waals surface area contributed by atoms with Gasteiger partial charge in [0.1, 0.15) is 0 Å². The van der Waals surface area contributed by atoms with Crippen LogP contribution < -0.4 is 16.4 Å². The Bertz CT molecular complexity index is 1390. The molecule has 2 amide bonds. The molecular formula is C36H46N4O5. The van der Waals surface area contributed by atoms with Crippen LogP contribution in [0.1, 0.15) is 86.9 Å². The van der Waals surface area contributed by atoms with Crippen LogP contribution in [0, 0.1) is 0 Å². The Hall–Kier alpha value is -3.76. The maximum Gasteiger partial charge on any atom is 0.224 e. The number of carbonyl (C=O) groups excluding carboxylic acids is 2. The lowest BCUT2D eigenvalue weighted by molar-refractivity contribution is -0.253. The van der Waals surface area contributed by atoms with Crippen molar-refractivity contribution in [3.63, 3.8) is 0 Å². The van der Waals surface area contributed by atoms with Crippen molar-refractivity contribution < 1.29 is 24.2 Å². The number of carbonyl (C=O) groups is 2. The van der Waals surface area contributed by atoms with E-state index in [0.717, 1.165) is 42.7 Å². The van der Waals surface area contributed by atoms with Gasteiger partial charge in [-0.15, -0.1) is 0 Å². The number of likely N-dealkylation sites (tertiary alicyclic amines) is 1. The number of nitrogen functional groups attached to an aromatic ring is 1. The summed E-state index contributed by atoms with van der Waals surface area (Å²) in [7, 11) is 0. The number of benzene rings is 3. The molecule has 3 unspecified atom stereocenters. The van der Waals surface area contributed by atoms with Gasteiger partial charge in [-0.2, -0.15) is 0 Å². The molecule has 3 atom stereocenters. The van der Waals surface area contributed by atoms with Crippen molar-refractivity contribution in [3.8, 4) is 0 Å². The number of hydrogen-bond donors (Lipinski definition) is 4. The third-order valence-electron chi connectivity index (χ3n) is 8.51. The van der Waals surface area contributed by atoms with Gasteiger partial charge in [-0.1, -0.05) is 67.8 Å². The number of nitrogens with two attached hydrogens (primary N) is 1. The van der Waals surface area contributed by atoms with Gasteiger partial charge in [0.2, 0.25) is 11.8 Å². The van der Waals surface area contributed by atoms with E-state index in [4.69, 9.17) is 15.2 Å². The van der Waals surface area contributed by atoms with Crippen LogP contribution >= 0.6 is 0 Å². The largest absolute Gasteiger partial charge is 0.397 e. The summed E-state index contributed by atoms with van der Waals surface area (Å²) in [6, 6.07) is 22.6. The second kappa shape index (κ2) is 16.5. The summed E-state index contributed by atoms with van der Waals surface area (Å²) in [5, 5.41) is 15.3. The number of rotatable bonds is 11. The molecule has 0 aliphatic carbocycles. The topological polar surface area (TPSA) is 126 Å². The van der Waals surface area contributed by atoms with Gasteiger partial charge in [-0.25, -0.2) is 0 Å². The van der Waals surface area contributed by atoms with Crippen molar-refractivity contribution >= 4 is 28.9 Å². The Morgan fingerprint density at radius 2 is 1.53 bits per heavy atom. The lowest BCUT2D eigenvalue weighted by atomic mass is 9.99. The van der Waals surface area contributed by atoms with Gasteiger partial charge in [0.05, 0.1) is 30.2 Å². The molecule has 9 heteroatoms. The highest BCUT2D eigenvalue weighted by atomic mass is 16.7. The normalized spacial score (nSPS) is 21.0. The number of para-hydroxylation sites is 2. The molecule has 3 aromatic rings. The van der Waals surface area contributed by atoms with Crippen LogP contribution in [0.15, 0.2) is 72.8 Å². The molecule has 2 aliphatic heterocycles. The number of anilines is 3. The summed E-state index contributed by atoms with van der Waals surface area (Å²) >= 11 is 0. The average molecular weight is 615 g/mol. The average Bonchev–Trinajstić information content (AvgIpc) is 3.03. The molecule has 240 valence electrons. The van der Waals surface area contributed by atoms with E-state index < -0.39 is 6.29 Å². The molecule has 0 bridgehead atoms. The van der Waals surface area contributed by atoms with Gasteiger partial charge in [-0.05, 0) is 67.7 Å². The summed E-state index contributed by atoms with van der Waals surface area (Å²) in [5.41, 5.74) is 10.4. The van der Waals surface area contributed by atoms with Crippen molar-refractivity contribution in [2.24, 2.45) is 0 Å². The molecule has 5 N–H and O–H groups in total. The highest BCUT2D eigenvalue weighted by Gasteiger charge is 2.33. The van der Waals surface area contributed by atoms with Gasteiger partial charge in [0.15, 0.2) is 6.29 Å². The van der Waals surface area contributed by atoms with Gasteiger partial charge in [0, 0.05) is 37.1 Å². The minimum Gasteiger partial charge on any atom is -0.397 e. The summed E-state index contributed by atoms with van der Waals surface area (Å²) < 4.78 is 13.1. The van der Waals surface area contributed by atoms with E-state index in [9.17, 15) is 14.7 Å². The van der Waals surface area contributed by atoms with E-state index in [2.05, 4.69) is 15.5 Å². The predicted molar refractivity (Wildman–Crippen MR) is 176 cm³/mol. The molecule has 2 fully saturated rings. The minimum absolute atomic E-state index is 0.00362. The molecule has 0 radical (unpaired) electrons. The fourth-order valence-corrected chi connectivity index (χ4v) is 6.04. The van der Waals surface area contributed by atoms with Crippen molar-refractivity contribution in [1.82, 2.24) is 4.90 Å². The molecule has 0 saturated carbocycles. The minimum atomic E-state index is -0.591. The SMILES string of the molecule is Nc1ccccc1NC(=O)CCCC(=O)Nc1cccc(C2OC(CN3CCCCCCC3)CC(c3ccc(CO)cc3)O2)c1. The number of nitrogens with zero attached hydrogens (tertiary/aromatic N) is 1. The van der Waals surface area contributed by atoms with Crippen molar-refractivity contribution in [1.29, 1.82) is 0 Å². The zero-order chi connectivity index (χ0) is 31.4. The first-order valence-electron chi connectivity index (χ1n) is 16.2. The summed E-state index contributed by atoms with van der Waals surface area (Å²) in [6.07, 6.45) is 7.12. The van der Waals surface area contributed by atoms with Crippen LogP contribution in [0.5, 0.6) is 0 Å². The molecular weight excluding hydrogens is 568 g/mol. The van der Waals surface area contributed by atoms with Crippen LogP contribution in [0.3, 0.4) is 0 Å². The van der Waals surface area contributed by atoms with Crippen LogP contribution in [0.25, 0.3) is 0 Å². The monoisotopic (exact) mass is 614 g/mol. The number of hydrogen-bond acceptors (Lipinski definition) is 7. The zero-order valence-electron chi connectivity index (χ0n) is 26.0. The van der Waals surface area contributed by atoms with Crippen LogP contribution in [-0.2, 0) is 25.7 Å². The van der Waals surface area contributed by atoms with Crippen molar-refractivity contribution in [2.75, 3.05) is 36.0 Å². The number of ether oxygens (including phenoxy) is 2. The van der Waals surface area contributed by atoms with Crippen molar-refractivity contribution in [3.05, 3.63) is 89.5 Å². The number of nitrogens with one attached hydrogen (secondary N) is 2. The first-order chi connectivity index (χ1) is 22.0. The number of aliphatic hydroxyl groups excluding tert-OH is 1. The number of aliphatic hydroxyl groups is 1. The molecule has 3 aromatic carbocycles. The molecule has 2 heterocycles. The molecule has 0 aromatic heterocycles. The Balaban J connectivity index is 1.20.